The fraction of sp³-hybridized carbons (Fsp3) is 0.438. The van der Waals surface area contributed by atoms with E-state index >= 15 is 0 Å². The Morgan fingerprint density at radius 2 is 2.22 bits per heavy atom. The Bertz CT molecular complexity index is 680. The summed E-state index contributed by atoms with van der Waals surface area (Å²) in [5, 5.41) is 6.72. The number of aromatic amines is 1. The van der Waals surface area contributed by atoms with Gasteiger partial charge in [0.15, 0.2) is 0 Å². The molecule has 0 aromatic carbocycles. The molecular formula is C16H21N5O2. The van der Waals surface area contributed by atoms with Crippen molar-refractivity contribution in [3.8, 4) is 0 Å². The largest absolute Gasteiger partial charge is 0.376 e. The van der Waals surface area contributed by atoms with E-state index in [-0.39, 0.29) is 12.0 Å². The van der Waals surface area contributed by atoms with Gasteiger partial charge in [-0.2, -0.15) is 5.10 Å². The summed E-state index contributed by atoms with van der Waals surface area (Å²) in [4.78, 5) is 20.9. The second-order valence-electron chi connectivity index (χ2n) is 5.85. The Kier molecular flexibility index (Phi) is 4.29. The third-order valence-electron chi connectivity index (χ3n) is 4.03. The van der Waals surface area contributed by atoms with Crippen molar-refractivity contribution in [2.45, 2.75) is 13.0 Å². The van der Waals surface area contributed by atoms with E-state index in [1.807, 2.05) is 44.2 Å². The van der Waals surface area contributed by atoms with Crippen LogP contribution in [-0.2, 0) is 4.74 Å². The van der Waals surface area contributed by atoms with Crippen molar-refractivity contribution in [1.29, 1.82) is 0 Å². The zero-order chi connectivity index (χ0) is 16.4. The molecule has 1 N–H and O–H groups in total. The Morgan fingerprint density at radius 1 is 1.39 bits per heavy atom. The summed E-state index contributed by atoms with van der Waals surface area (Å²) < 4.78 is 5.80. The predicted molar refractivity (Wildman–Crippen MR) is 86.5 cm³/mol. The van der Waals surface area contributed by atoms with Gasteiger partial charge in [-0.25, -0.2) is 0 Å². The molecule has 23 heavy (non-hydrogen) atoms. The molecule has 0 aliphatic carbocycles. The van der Waals surface area contributed by atoms with Crippen LogP contribution < -0.4 is 4.90 Å². The number of rotatable bonds is 3. The quantitative estimate of drug-likeness (QED) is 0.926. The molecule has 0 bridgehead atoms. The van der Waals surface area contributed by atoms with E-state index < -0.39 is 0 Å². The molecule has 7 nitrogen and oxygen atoms in total. The molecule has 1 fully saturated rings. The van der Waals surface area contributed by atoms with Crippen molar-refractivity contribution in [3.05, 3.63) is 41.5 Å². The first-order valence-corrected chi connectivity index (χ1v) is 7.60. The van der Waals surface area contributed by atoms with Gasteiger partial charge in [-0.1, -0.05) is 0 Å². The van der Waals surface area contributed by atoms with Crippen molar-refractivity contribution in [2.75, 3.05) is 38.7 Å². The molecule has 0 spiro atoms. The smallest absolute Gasteiger partial charge is 0.257 e. The minimum atomic E-state index is -0.198. The molecule has 1 aliphatic rings. The first-order chi connectivity index (χ1) is 11.1. The van der Waals surface area contributed by atoms with E-state index in [1.54, 1.807) is 11.1 Å². The molecule has 2 aromatic heterocycles. The molecule has 1 atom stereocenters. The number of morpholine rings is 1. The van der Waals surface area contributed by atoms with Gasteiger partial charge in [-0.05, 0) is 19.1 Å². The first-order valence-electron chi connectivity index (χ1n) is 7.60. The number of aryl methyl sites for hydroxylation is 1. The normalized spacial score (nSPS) is 18.0. The minimum Gasteiger partial charge on any atom is -0.376 e. The summed E-state index contributed by atoms with van der Waals surface area (Å²) >= 11 is 0. The number of carbonyl (C=O) groups excluding carboxylic acids is 1. The van der Waals surface area contributed by atoms with Crippen LogP contribution in [-0.4, -0.2) is 59.8 Å². The van der Waals surface area contributed by atoms with Gasteiger partial charge in [0.05, 0.1) is 42.5 Å². The molecule has 122 valence electrons. The van der Waals surface area contributed by atoms with Crippen molar-refractivity contribution >= 4 is 11.6 Å². The molecule has 2 aromatic rings. The van der Waals surface area contributed by atoms with Crippen LogP contribution in [0, 0.1) is 6.92 Å². The third kappa shape index (κ3) is 3.19. The van der Waals surface area contributed by atoms with Crippen LogP contribution in [0.5, 0.6) is 0 Å². The average molecular weight is 315 g/mol. The summed E-state index contributed by atoms with van der Waals surface area (Å²) in [6, 6.07) is 3.96. The third-order valence-corrected chi connectivity index (χ3v) is 4.03. The van der Waals surface area contributed by atoms with Gasteiger partial charge in [-0.3, -0.25) is 14.9 Å². The highest BCUT2D eigenvalue weighted by Gasteiger charge is 2.28. The highest BCUT2D eigenvalue weighted by molar-refractivity contribution is 5.95. The van der Waals surface area contributed by atoms with E-state index in [9.17, 15) is 4.79 Å². The number of amides is 1. The topological polar surface area (TPSA) is 74.3 Å². The molecular weight excluding hydrogens is 294 g/mol. The molecule has 3 rings (SSSR count). The number of hydrogen-bond donors (Lipinski definition) is 1. The van der Waals surface area contributed by atoms with E-state index in [0.29, 0.717) is 25.3 Å². The van der Waals surface area contributed by atoms with Crippen LogP contribution in [0.25, 0.3) is 0 Å². The lowest BCUT2D eigenvalue weighted by molar-refractivity contribution is -0.0247. The number of nitrogens with zero attached hydrogens (tertiary/aromatic N) is 4. The summed E-state index contributed by atoms with van der Waals surface area (Å²) in [5.74, 6) is -0.0190. The van der Waals surface area contributed by atoms with Gasteiger partial charge in [0.1, 0.15) is 6.10 Å². The van der Waals surface area contributed by atoms with E-state index in [1.165, 1.54) is 0 Å². The van der Waals surface area contributed by atoms with E-state index in [4.69, 9.17) is 4.74 Å². The molecule has 7 heteroatoms. The number of hydrogen-bond acceptors (Lipinski definition) is 5. The predicted octanol–water partition coefficient (Wildman–Crippen LogP) is 1.39. The maximum Gasteiger partial charge on any atom is 0.257 e. The van der Waals surface area contributed by atoms with Crippen LogP contribution in [0.15, 0.2) is 24.5 Å². The van der Waals surface area contributed by atoms with Gasteiger partial charge >= 0.3 is 0 Å². The lowest BCUT2D eigenvalue weighted by Gasteiger charge is -2.32. The van der Waals surface area contributed by atoms with Gasteiger partial charge < -0.3 is 14.5 Å². The fourth-order valence-electron chi connectivity index (χ4n) is 2.60. The van der Waals surface area contributed by atoms with Crippen LogP contribution in [0.3, 0.4) is 0 Å². The minimum absolute atomic E-state index is 0.0190. The van der Waals surface area contributed by atoms with E-state index in [0.717, 1.165) is 17.1 Å². The number of ether oxygens (including phenoxy) is 1. The Morgan fingerprint density at radius 3 is 2.83 bits per heavy atom. The Hall–Kier alpha value is -2.41. The Balaban J connectivity index is 1.73. The highest BCUT2D eigenvalue weighted by atomic mass is 16.5. The zero-order valence-electron chi connectivity index (χ0n) is 13.6. The second kappa shape index (κ2) is 6.37. The molecule has 0 saturated carbocycles. The highest BCUT2D eigenvalue weighted by Crippen LogP contribution is 2.23. The summed E-state index contributed by atoms with van der Waals surface area (Å²) in [5.41, 5.74) is 3.27. The maximum atomic E-state index is 12.6. The summed E-state index contributed by atoms with van der Waals surface area (Å²) in [7, 11) is 3.95. The monoisotopic (exact) mass is 315 g/mol. The number of pyridine rings is 1. The van der Waals surface area contributed by atoms with Gasteiger partial charge in [-0.15, -0.1) is 0 Å². The van der Waals surface area contributed by atoms with Gasteiger partial charge in [0, 0.05) is 26.3 Å². The van der Waals surface area contributed by atoms with E-state index in [2.05, 4.69) is 15.2 Å². The first kappa shape index (κ1) is 15.5. The van der Waals surface area contributed by atoms with Crippen molar-refractivity contribution in [3.63, 3.8) is 0 Å². The van der Waals surface area contributed by atoms with Crippen LogP contribution >= 0.6 is 0 Å². The standard InChI is InChI=1S/C16H21N5O2/c1-11-13(9-18-19-11)16(22)21-6-7-23-15(10-21)14-5-4-12(8-17-14)20(2)3/h4-5,8-9,15H,6-7,10H2,1-3H3,(H,18,19)/t15-/m0/s1. The molecule has 1 amide bonds. The maximum absolute atomic E-state index is 12.6. The number of carbonyl (C=O) groups is 1. The second-order valence-corrected chi connectivity index (χ2v) is 5.85. The van der Waals surface area contributed by atoms with Crippen molar-refractivity contribution in [2.24, 2.45) is 0 Å². The van der Waals surface area contributed by atoms with Crippen LogP contribution in [0.4, 0.5) is 5.69 Å². The number of anilines is 1. The number of H-pyrrole nitrogens is 1. The molecule has 1 saturated heterocycles. The SMILES string of the molecule is Cc1[nH]ncc1C(=O)N1CCO[C@H](c2ccc(N(C)C)cn2)C1. The van der Waals surface area contributed by atoms with Gasteiger partial charge in [0.25, 0.3) is 5.91 Å². The lowest BCUT2D eigenvalue weighted by atomic mass is 10.1. The summed E-state index contributed by atoms with van der Waals surface area (Å²) in [6.07, 6.45) is 3.20. The van der Waals surface area contributed by atoms with Crippen LogP contribution in [0.2, 0.25) is 0 Å². The Labute approximate surface area is 135 Å². The average Bonchev–Trinajstić information content (AvgIpc) is 3.00. The number of aromatic nitrogens is 3. The van der Waals surface area contributed by atoms with Crippen LogP contribution in [0.1, 0.15) is 27.8 Å². The molecule has 0 unspecified atom stereocenters. The summed E-state index contributed by atoms with van der Waals surface area (Å²) in [6.45, 7) is 3.43. The zero-order valence-corrected chi connectivity index (χ0v) is 13.6. The molecule has 0 radical (unpaired) electrons. The van der Waals surface area contributed by atoms with Gasteiger partial charge in [0.2, 0.25) is 0 Å². The van der Waals surface area contributed by atoms with Crippen molar-refractivity contribution < 1.29 is 9.53 Å². The molecule has 3 heterocycles. The fourth-order valence-corrected chi connectivity index (χ4v) is 2.60. The molecule has 1 aliphatic heterocycles. The van der Waals surface area contributed by atoms with Crippen molar-refractivity contribution in [1.82, 2.24) is 20.1 Å². The number of nitrogens with one attached hydrogen (secondary N) is 1. The lowest BCUT2D eigenvalue weighted by Crippen LogP contribution is -2.42.